The minimum absolute atomic E-state index is 0.130. The first-order chi connectivity index (χ1) is 11.7. The molecule has 1 aromatic heterocycles. The Balaban J connectivity index is 1.94. The highest BCUT2D eigenvalue weighted by Crippen LogP contribution is 2.39. The molecular formula is C17H13ClN4O2. The molecular weight excluding hydrogens is 328 g/mol. The van der Waals surface area contributed by atoms with Gasteiger partial charge in [-0.3, -0.25) is 4.79 Å². The van der Waals surface area contributed by atoms with Gasteiger partial charge in [0.05, 0.1) is 24.0 Å². The van der Waals surface area contributed by atoms with Crippen LogP contribution in [0.4, 0.5) is 17.2 Å². The molecule has 1 aliphatic rings. The highest BCUT2D eigenvalue weighted by atomic mass is 35.5. The molecule has 0 atom stereocenters. The predicted molar refractivity (Wildman–Crippen MR) is 93.2 cm³/mol. The maximum absolute atomic E-state index is 12.2. The maximum atomic E-state index is 12.2. The van der Waals surface area contributed by atoms with Crippen LogP contribution < -0.4 is 15.0 Å². The topological polar surface area (TPSA) is 67.3 Å². The Labute approximate surface area is 143 Å². The third-order valence-electron chi connectivity index (χ3n) is 3.88. The van der Waals surface area contributed by atoms with Gasteiger partial charge in [-0.25, -0.2) is 4.98 Å². The summed E-state index contributed by atoms with van der Waals surface area (Å²) in [4.78, 5) is 22.6. The summed E-state index contributed by atoms with van der Waals surface area (Å²) in [5.74, 6) is 1.14. The van der Waals surface area contributed by atoms with E-state index in [-0.39, 0.29) is 17.7 Å². The van der Waals surface area contributed by atoms with Crippen molar-refractivity contribution in [2.75, 3.05) is 23.9 Å². The molecule has 0 spiro atoms. The summed E-state index contributed by atoms with van der Waals surface area (Å²) in [5, 5.41) is 3.84. The minimum atomic E-state index is -0.130. The number of carbonyl (C=O) groups excluding carboxylic acids is 1. The molecule has 6 nitrogen and oxygen atoms in total. The molecule has 3 aromatic rings. The van der Waals surface area contributed by atoms with Crippen LogP contribution in [0.15, 0.2) is 42.5 Å². The molecule has 7 heteroatoms. The first-order valence-corrected chi connectivity index (χ1v) is 7.71. The zero-order chi connectivity index (χ0) is 16.7. The van der Waals surface area contributed by atoms with Gasteiger partial charge < -0.3 is 15.0 Å². The lowest BCUT2D eigenvalue weighted by Crippen LogP contribution is -2.35. The fourth-order valence-electron chi connectivity index (χ4n) is 2.82. The van der Waals surface area contributed by atoms with Crippen LogP contribution in [0, 0.1) is 0 Å². The van der Waals surface area contributed by atoms with Gasteiger partial charge >= 0.3 is 0 Å². The lowest BCUT2D eigenvalue weighted by Gasteiger charge is -2.31. The van der Waals surface area contributed by atoms with Crippen molar-refractivity contribution in [3.8, 4) is 5.75 Å². The maximum Gasteiger partial charge on any atom is 0.244 e. The van der Waals surface area contributed by atoms with E-state index < -0.39 is 0 Å². The number of nitrogens with one attached hydrogen (secondary N) is 1. The number of anilines is 3. The van der Waals surface area contributed by atoms with Gasteiger partial charge in [-0.2, -0.15) is 4.98 Å². The highest BCUT2D eigenvalue weighted by molar-refractivity contribution is 6.29. The number of benzene rings is 2. The Bertz CT molecular complexity index is 960. The molecule has 2 aromatic carbocycles. The van der Waals surface area contributed by atoms with Crippen LogP contribution in [0.25, 0.3) is 10.9 Å². The predicted octanol–water partition coefficient (Wildman–Crippen LogP) is 3.38. The second-order valence-corrected chi connectivity index (χ2v) is 5.69. The van der Waals surface area contributed by atoms with Gasteiger partial charge in [0.1, 0.15) is 18.1 Å². The first kappa shape index (κ1) is 14.7. The lowest BCUT2D eigenvalue weighted by molar-refractivity contribution is -0.115. The molecule has 0 fully saturated rings. The lowest BCUT2D eigenvalue weighted by atomic mass is 10.1. The molecule has 0 unspecified atom stereocenters. The number of carbonyl (C=O) groups is 1. The Morgan fingerprint density at radius 2 is 2.04 bits per heavy atom. The van der Waals surface area contributed by atoms with E-state index in [0.29, 0.717) is 17.3 Å². The number of rotatable bonds is 2. The fourth-order valence-corrected chi connectivity index (χ4v) is 2.99. The Kier molecular flexibility index (Phi) is 3.46. The first-order valence-electron chi connectivity index (χ1n) is 7.33. The van der Waals surface area contributed by atoms with E-state index >= 15 is 0 Å². The summed E-state index contributed by atoms with van der Waals surface area (Å²) >= 11 is 6.08. The summed E-state index contributed by atoms with van der Waals surface area (Å²) in [6, 6.07) is 13.1. The van der Waals surface area contributed by atoms with Crippen molar-refractivity contribution in [1.29, 1.82) is 0 Å². The monoisotopic (exact) mass is 340 g/mol. The van der Waals surface area contributed by atoms with Gasteiger partial charge in [0.25, 0.3) is 0 Å². The average Bonchev–Trinajstić information content (AvgIpc) is 2.59. The van der Waals surface area contributed by atoms with E-state index in [0.717, 1.165) is 16.6 Å². The standard InChI is InChI=1S/C17H13ClN4O2/c1-24-10-6-7-14-13(8-10)19-15(23)9-22(14)16-11-4-2-3-5-12(11)20-17(18)21-16/h2-8H,9H2,1H3,(H,19,23). The molecule has 120 valence electrons. The van der Waals surface area contributed by atoms with E-state index in [1.165, 1.54) is 0 Å². The number of aromatic nitrogens is 2. The van der Waals surface area contributed by atoms with Crippen molar-refractivity contribution in [3.63, 3.8) is 0 Å². The van der Waals surface area contributed by atoms with Crippen LogP contribution in [0.1, 0.15) is 0 Å². The van der Waals surface area contributed by atoms with E-state index in [1.54, 1.807) is 13.2 Å². The Morgan fingerprint density at radius 3 is 2.88 bits per heavy atom. The molecule has 24 heavy (non-hydrogen) atoms. The smallest absolute Gasteiger partial charge is 0.244 e. The number of amides is 1. The van der Waals surface area contributed by atoms with Crippen molar-refractivity contribution in [3.05, 3.63) is 47.7 Å². The van der Waals surface area contributed by atoms with E-state index in [4.69, 9.17) is 16.3 Å². The number of halogens is 1. The number of hydrogen-bond acceptors (Lipinski definition) is 5. The molecule has 0 bridgehead atoms. The zero-order valence-electron chi connectivity index (χ0n) is 12.8. The SMILES string of the molecule is COc1ccc2c(c1)NC(=O)CN2c1nc(Cl)nc2ccccc12. The number of nitrogens with zero attached hydrogens (tertiary/aromatic N) is 3. The van der Waals surface area contributed by atoms with Crippen LogP contribution >= 0.6 is 11.6 Å². The molecule has 0 saturated heterocycles. The summed E-state index contributed by atoms with van der Waals surface area (Å²) in [5.41, 5.74) is 2.23. The summed E-state index contributed by atoms with van der Waals surface area (Å²) in [6.07, 6.45) is 0. The molecule has 1 amide bonds. The fraction of sp³-hybridized carbons (Fsp3) is 0.118. The van der Waals surface area contributed by atoms with Crippen molar-refractivity contribution in [2.24, 2.45) is 0 Å². The zero-order valence-corrected chi connectivity index (χ0v) is 13.5. The molecule has 2 heterocycles. The third-order valence-corrected chi connectivity index (χ3v) is 4.05. The van der Waals surface area contributed by atoms with Crippen LogP contribution in [0.2, 0.25) is 5.28 Å². The van der Waals surface area contributed by atoms with Crippen molar-refractivity contribution < 1.29 is 9.53 Å². The van der Waals surface area contributed by atoms with E-state index in [9.17, 15) is 4.79 Å². The highest BCUT2D eigenvalue weighted by Gasteiger charge is 2.26. The van der Waals surface area contributed by atoms with Gasteiger partial charge in [0.2, 0.25) is 11.2 Å². The summed E-state index contributed by atoms with van der Waals surface area (Å²) < 4.78 is 5.23. The number of para-hydroxylation sites is 1. The Hall–Kier alpha value is -2.86. The van der Waals surface area contributed by atoms with E-state index in [2.05, 4.69) is 15.3 Å². The van der Waals surface area contributed by atoms with Gasteiger partial charge in [0, 0.05) is 11.5 Å². The number of hydrogen-bond donors (Lipinski definition) is 1. The number of methoxy groups -OCH3 is 1. The normalized spacial score (nSPS) is 13.6. The molecule has 1 aliphatic heterocycles. The third kappa shape index (κ3) is 2.41. The number of fused-ring (bicyclic) bond motifs is 2. The van der Waals surface area contributed by atoms with Crippen LogP contribution in [0.3, 0.4) is 0 Å². The van der Waals surface area contributed by atoms with Gasteiger partial charge in [-0.1, -0.05) is 12.1 Å². The van der Waals surface area contributed by atoms with Crippen LogP contribution in [-0.4, -0.2) is 29.5 Å². The van der Waals surface area contributed by atoms with Crippen LogP contribution in [0.5, 0.6) is 5.75 Å². The van der Waals surface area contributed by atoms with Gasteiger partial charge in [-0.15, -0.1) is 0 Å². The van der Waals surface area contributed by atoms with Gasteiger partial charge in [0.15, 0.2) is 0 Å². The summed E-state index contributed by atoms with van der Waals surface area (Å²) in [7, 11) is 1.59. The molecule has 0 saturated carbocycles. The van der Waals surface area contributed by atoms with Crippen molar-refractivity contribution in [1.82, 2.24) is 9.97 Å². The van der Waals surface area contributed by atoms with Gasteiger partial charge in [-0.05, 0) is 35.9 Å². The van der Waals surface area contributed by atoms with Crippen molar-refractivity contribution in [2.45, 2.75) is 0 Å². The second-order valence-electron chi connectivity index (χ2n) is 5.35. The largest absolute Gasteiger partial charge is 0.497 e. The average molecular weight is 341 g/mol. The van der Waals surface area contributed by atoms with Crippen LogP contribution in [-0.2, 0) is 4.79 Å². The van der Waals surface area contributed by atoms with E-state index in [1.807, 2.05) is 41.3 Å². The molecule has 1 N–H and O–H groups in total. The Morgan fingerprint density at radius 1 is 1.21 bits per heavy atom. The quantitative estimate of drug-likeness (QED) is 0.724. The molecule has 0 aliphatic carbocycles. The molecule has 4 rings (SSSR count). The number of ether oxygens (including phenoxy) is 1. The second kappa shape index (κ2) is 5.65. The summed E-state index contributed by atoms with van der Waals surface area (Å²) in [6.45, 7) is 0.149. The van der Waals surface area contributed by atoms with Crippen molar-refractivity contribution >= 4 is 45.6 Å². The molecule has 0 radical (unpaired) electrons. The minimum Gasteiger partial charge on any atom is -0.497 e.